The van der Waals surface area contributed by atoms with Crippen molar-refractivity contribution in [1.82, 2.24) is 4.90 Å². The first-order chi connectivity index (χ1) is 9.85. The zero-order valence-electron chi connectivity index (χ0n) is 13.1. The van der Waals surface area contributed by atoms with Gasteiger partial charge in [0, 0.05) is 13.1 Å². The molecule has 0 spiro atoms. The number of benzene rings is 1. The number of rotatable bonds is 5. The van der Waals surface area contributed by atoms with Gasteiger partial charge in [-0.2, -0.15) is 0 Å². The van der Waals surface area contributed by atoms with E-state index in [2.05, 4.69) is 6.92 Å². The van der Waals surface area contributed by atoms with Crippen LogP contribution >= 0.6 is 0 Å². The second-order valence-electron chi connectivity index (χ2n) is 5.59. The summed E-state index contributed by atoms with van der Waals surface area (Å²) in [6.07, 6.45) is 3.60. The van der Waals surface area contributed by atoms with Gasteiger partial charge in [0.1, 0.15) is 6.61 Å². The van der Waals surface area contributed by atoms with Gasteiger partial charge in [0.15, 0.2) is 0 Å². The van der Waals surface area contributed by atoms with Crippen LogP contribution in [0.4, 0.5) is 4.79 Å². The fourth-order valence-electron chi connectivity index (χ4n) is 1.48. The molecule has 0 aliphatic heterocycles. The highest BCUT2D eigenvalue weighted by atomic mass is 16.6. The van der Waals surface area contributed by atoms with Crippen molar-refractivity contribution in [1.29, 1.82) is 0 Å². The van der Waals surface area contributed by atoms with E-state index in [1.54, 1.807) is 0 Å². The Kier molecular flexibility index (Phi) is 6.15. The normalized spacial score (nSPS) is 11.4. The lowest BCUT2D eigenvalue weighted by atomic mass is 9.90. The first kappa shape index (κ1) is 17.0. The van der Waals surface area contributed by atoms with Crippen molar-refractivity contribution in [2.45, 2.75) is 40.7 Å². The summed E-state index contributed by atoms with van der Waals surface area (Å²) in [6.45, 7) is 7.62. The molecular weight excluding hydrogens is 266 g/mol. The van der Waals surface area contributed by atoms with Crippen molar-refractivity contribution in [2.24, 2.45) is 5.41 Å². The highest BCUT2D eigenvalue weighted by molar-refractivity contribution is 5.91. The average Bonchev–Trinajstić information content (AvgIpc) is 2.46. The predicted octanol–water partition coefficient (Wildman–Crippen LogP) is 4.12. The lowest BCUT2D eigenvalue weighted by Crippen LogP contribution is -2.31. The molecule has 0 fully saturated rings. The van der Waals surface area contributed by atoms with Crippen molar-refractivity contribution < 1.29 is 14.3 Å². The molecule has 4 heteroatoms. The van der Waals surface area contributed by atoms with Gasteiger partial charge < -0.3 is 4.74 Å². The third kappa shape index (κ3) is 5.81. The van der Waals surface area contributed by atoms with Gasteiger partial charge >= 0.3 is 6.09 Å². The summed E-state index contributed by atoms with van der Waals surface area (Å²) in [6, 6.07) is 9.36. The van der Waals surface area contributed by atoms with Gasteiger partial charge in [-0.3, -0.25) is 4.79 Å². The van der Waals surface area contributed by atoms with E-state index in [0.717, 1.165) is 16.9 Å². The second-order valence-corrected chi connectivity index (χ2v) is 5.59. The third-order valence-corrected chi connectivity index (χ3v) is 3.33. The van der Waals surface area contributed by atoms with Crippen molar-refractivity contribution in [2.75, 3.05) is 0 Å². The van der Waals surface area contributed by atoms with E-state index < -0.39 is 6.09 Å². The maximum Gasteiger partial charge on any atom is 0.421 e. The van der Waals surface area contributed by atoms with Crippen molar-refractivity contribution >= 4 is 12.0 Å². The minimum absolute atomic E-state index is 0.0760. The van der Waals surface area contributed by atoms with Crippen LogP contribution in [0.25, 0.3) is 0 Å². The van der Waals surface area contributed by atoms with E-state index in [0.29, 0.717) is 0 Å². The van der Waals surface area contributed by atoms with Gasteiger partial charge in [-0.25, -0.2) is 9.69 Å². The molecule has 0 saturated carbocycles. The number of carbonyl (C=O) groups is 2. The molecule has 1 rings (SSSR count). The third-order valence-electron chi connectivity index (χ3n) is 3.33. The van der Waals surface area contributed by atoms with Gasteiger partial charge in [0.25, 0.3) is 0 Å². The maximum atomic E-state index is 12.0. The number of ether oxygens (including phenoxy) is 1. The first-order valence-electron chi connectivity index (χ1n) is 7.05. The number of hydrogen-bond acceptors (Lipinski definition) is 3. The van der Waals surface area contributed by atoms with Gasteiger partial charge in [-0.05, 0) is 17.4 Å². The Morgan fingerprint density at radius 2 is 1.86 bits per heavy atom. The number of carbonyl (C=O) groups excluding carboxylic acids is 2. The molecule has 0 atom stereocenters. The van der Waals surface area contributed by atoms with Crippen LogP contribution in [0, 0.1) is 5.41 Å². The molecule has 0 aromatic heterocycles. The molecule has 2 amide bonds. The number of nitrogens with zero attached hydrogens (tertiary/aromatic N) is 1. The molecule has 0 aliphatic carbocycles. The van der Waals surface area contributed by atoms with Gasteiger partial charge in [0.2, 0.25) is 5.91 Å². The van der Waals surface area contributed by atoms with E-state index in [1.165, 1.54) is 13.1 Å². The quantitative estimate of drug-likeness (QED) is 0.819. The van der Waals surface area contributed by atoms with Crippen LogP contribution in [0.1, 0.15) is 39.7 Å². The molecule has 1 aromatic rings. The highest BCUT2D eigenvalue weighted by Crippen LogP contribution is 2.21. The van der Waals surface area contributed by atoms with Crippen molar-refractivity contribution in [3.05, 3.63) is 48.2 Å². The Bertz CT molecular complexity index is 506. The lowest BCUT2D eigenvalue weighted by molar-refractivity contribution is -0.125. The van der Waals surface area contributed by atoms with E-state index in [1.807, 2.05) is 50.3 Å². The Hall–Kier alpha value is -2.10. The smallest absolute Gasteiger partial charge is 0.421 e. The van der Waals surface area contributed by atoms with Crippen LogP contribution in [0.3, 0.4) is 0 Å². The zero-order chi connectivity index (χ0) is 15.9. The van der Waals surface area contributed by atoms with Crippen molar-refractivity contribution in [3.63, 3.8) is 0 Å². The fourth-order valence-corrected chi connectivity index (χ4v) is 1.48. The Labute approximate surface area is 126 Å². The lowest BCUT2D eigenvalue weighted by Gasteiger charge is -2.20. The van der Waals surface area contributed by atoms with Gasteiger partial charge in [0.05, 0.1) is 0 Å². The Morgan fingerprint density at radius 3 is 2.38 bits per heavy atom. The monoisotopic (exact) mass is 289 g/mol. The van der Waals surface area contributed by atoms with Gasteiger partial charge in [-0.1, -0.05) is 57.2 Å². The molecule has 0 N–H and O–H groups in total. The summed E-state index contributed by atoms with van der Waals surface area (Å²) >= 11 is 0. The van der Waals surface area contributed by atoms with Crippen molar-refractivity contribution in [3.8, 4) is 0 Å². The minimum Gasteiger partial charge on any atom is -0.444 e. The number of hydrogen-bond donors (Lipinski definition) is 0. The summed E-state index contributed by atoms with van der Waals surface area (Å²) in [5, 5.41) is 0. The van der Waals surface area contributed by atoms with Crippen LogP contribution in [-0.4, -0.2) is 16.9 Å². The molecule has 0 saturated heterocycles. The minimum atomic E-state index is -0.658. The molecule has 114 valence electrons. The van der Waals surface area contributed by atoms with E-state index in [-0.39, 0.29) is 17.9 Å². The fraction of sp³-hybridized carbons (Fsp3) is 0.412. The SMILES string of the molecule is CCC(C)(C)/C=C\N(C(C)=O)C(=O)OCc1ccccc1. The molecular formula is C17H23NO3. The van der Waals surface area contributed by atoms with Gasteiger partial charge in [-0.15, -0.1) is 0 Å². The Morgan fingerprint density at radius 1 is 1.24 bits per heavy atom. The highest BCUT2D eigenvalue weighted by Gasteiger charge is 2.19. The summed E-state index contributed by atoms with van der Waals surface area (Å²) in [5.41, 5.74) is 0.806. The molecule has 21 heavy (non-hydrogen) atoms. The number of amides is 2. The predicted molar refractivity (Wildman–Crippen MR) is 82.4 cm³/mol. The van der Waals surface area contributed by atoms with Crippen LogP contribution in [0.2, 0.25) is 0 Å². The van der Waals surface area contributed by atoms with E-state index >= 15 is 0 Å². The molecule has 0 radical (unpaired) electrons. The number of imide groups is 1. The zero-order valence-corrected chi connectivity index (χ0v) is 13.1. The summed E-state index contributed by atoms with van der Waals surface area (Å²) in [4.78, 5) is 24.6. The standard InChI is InChI=1S/C17H23NO3/c1-5-17(3,4)11-12-18(14(2)19)16(20)21-13-15-9-7-6-8-10-15/h6-12H,5,13H2,1-4H3/b12-11-. The topological polar surface area (TPSA) is 46.6 Å². The van der Waals surface area contributed by atoms with E-state index in [4.69, 9.17) is 4.74 Å². The first-order valence-corrected chi connectivity index (χ1v) is 7.05. The molecule has 0 aliphatic rings. The largest absolute Gasteiger partial charge is 0.444 e. The van der Waals surface area contributed by atoms with Crippen LogP contribution in [0.5, 0.6) is 0 Å². The summed E-state index contributed by atoms with van der Waals surface area (Å²) in [5.74, 6) is -0.365. The maximum absolute atomic E-state index is 12.0. The molecule has 4 nitrogen and oxygen atoms in total. The molecule has 0 heterocycles. The average molecular weight is 289 g/mol. The number of allylic oxidation sites excluding steroid dienone is 1. The van der Waals surface area contributed by atoms with Crippen LogP contribution < -0.4 is 0 Å². The molecule has 0 bridgehead atoms. The van der Waals surface area contributed by atoms with Crippen LogP contribution in [0.15, 0.2) is 42.6 Å². The summed E-state index contributed by atoms with van der Waals surface area (Å²) in [7, 11) is 0. The summed E-state index contributed by atoms with van der Waals surface area (Å²) < 4.78 is 5.17. The second kappa shape index (κ2) is 7.62. The Balaban J connectivity index is 2.68. The van der Waals surface area contributed by atoms with E-state index in [9.17, 15) is 9.59 Å². The molecule has 1 aromatic carbocycles. The van der Waals surface area contributed by atoms with Crippen LogP contribution in [-0.2, 0) is 16.1 Å². The molecule has 0 unspecified atom stereocenters.